The molecule has 1 aliphatic rings. The summed E-state index contributed by atoms with van der Waals surface area (Å²) in [7, 11) is 1.49. The van der Waals surface area contributed by atoms with Crippen molar-refractivity contribution in [3.05, 3.63) is 70.8 Å². The smallest absolute Gasteiger partial charge is 0.409 e. The average molecular weight is 464 g/mol. The molecule has 4 rings (SSSR count). The van der Waals surface area contributed by atoms with Gasteiger partial charge >= 0.3 is 6.09 Å². The number of hydrogen-bond donors (Lipinski definition) is 1. The van der Waals surface area contributed by atoms with Crippen LogP contribution < -0.4 is 15.6 Å². The van der Waals surface area contributed by atoms with Crippen LogP contribution in [0.4, 0.5) is 4.79 Å². The summed E-state index contributed by atoms with van der Waals surface area (Å²) in [5.74, 6) is 0.316. The maximum atomic E-state index is 13.1. The Labute approximate surface area is 195 Å². The molecule has 0 fully saturated rings. The minimum Gasteiger partial charge on any atom is -0.497 e. The molecule has 1 unspecified atom stereocenters. The van der Waals surface area contributed by atoms with Crippen LogP contribution >= 0.6 is 0 Å². The Morgan fingerprint density at radius 3 is 2.68 bits per heavy atom. The van der Waals surface area contributed by atoms with E-state index >= 15 is 0 Å². The van der Waals surface area contributed by atoms with Gasteiger partial charge in [0.15, 0.2) is 0 Å². The number of aromatic nitrogens is 4. The second kappa shape index (κ2) is 10.1. The van der Waals surface area contributed by atoms with Crippen LogP contribution in [0, 0.1) is 0 Å². The maximum absolute atomic E-state index is 13.1. The van der Waals surface area contributed by atoms with Crippen LogP contribution in [-0.4, -0.2) is 63.2 Å². The molecule has 0 bridgehead atoms. The molecule has 1 atom stereocenters. The molecule has 0 spiro atoms. The van der Waals surface area contributed by atoms with Gasteiger partial charge in [-0.25, -0.2) is 9.78 Å². The number of fused-ring (bicyclic) bond motifs is 1. The lowest BCUT2D eigenvalue weighted by Crippen LogP contribution is -2.41. The van der Waals surface area contributed by atoms with Gasteiger partial charge in [0, 0.05) is 49.4 Å². The van der Waals surface area contributed by atoms with E-state index in [1.807, 2.05) is 0 Å². The molecule has 2 amide bonds. The van der Waals surface area contributed by atoms with Gasteiger partial charge in [-0.05, 0) is 25.1 Å². The molecule has 11 heteroatoms. The van der Waals surface area contributed by atoms with Crippen molar-refractivity contribution < 1.29 is 19.1 Å². The largest absolute Gasteiger partial charge is 0.497 e. The monoisotopic (exact) mass is 464 g/mol. The SMILES string of the molecule is CCOC(=O)N1CCn2c(nc(-c3ccncc3)cc2=O)C(NC(=O)c2cc(OC)ccn2)C1. The van der Waals surface area contributed by atoms with Gasteiger partial charge in [0.2, 0.25) is 0 Å². The quantitative estimate of drug-likeness (QED) is 0.604. The first-order valence-corrected chi connectivity index (χ1v) is 10.7. The van der Waals surface area contributed by atoms with E-state index in [0.717, 1.165) is 0 Å². The van der Waals surface area contributed by atoms with E-state index in [0.29, 0.717) is 22.8 Å². The van der Waals surface area contributed by atoms with E-state index in [4.69, 9.17) is 14.5 Å². The Morgan fingerprint density at radius 2 is 1.94 bits per heavy atom. The number of methoxy groups -OCH3 is 1. The van der Waals surface area contributed by atoms with E-state index in [1.165, 1.54) is 34.9 Å². The minimum absolute atomic E-state index is 0.0702. The van der Waals surface area contributed by atoms with Gasteiger partial charge in [0.05, 0.1) is 26.0 Å². The van der Waals surface area contributed by atoms with Crippen molar-refractivity contribution in [3.63, 3.8) is 0 Å². The summed E-state index contributed by atoms with van der Waals surface area (Å²) in [6, 6.07) is 7.26. The van der Waals surface area contributed by atoms with E-state index in [-0.39, 0.29) is 37.5 Å². The number of carbonyl (C=O) groups excluding carboxylic acids is 2. The Hall–Kier alpha value is -4.28. The van der Waals surface area contributed by atoms with E-state index in [2.05, 4.69) is 15.3 Å². The first kappa shape index (κ1) is 22.9. The molecule has 0 radical (unpaired) electrons. The third-order valence-corrected chi connectivity index (χ3v) is 5.35. The third-order valence-electron chi connectivity index (χ3n) is 5.35. The van der Waals surface area contributed by atoms with Crippen LogP contribution in [0.15, 0.2) is 53.7 Å². The van der Waals surface area contributed by atoms with Crippen molar-refractivity contribution in [3.8, 4) is 17.0 Å². The summed E-state index contributed by atoms with van der Waals surface area (Å²) in [5, 5.41) is 2.87. The Morgan fingerprint density at radius 1 is 1.15 bits per heavy atom. The van der Waals surface area contributed by atoms with Crippen LogP contribution in [0.1, 0.15) is 29.3 Å². The number of nitrogens with one attached hydrogen (secondary N) is 1. The summed E-state index contributed by atoms with van der Waals surface area (Å²) >= 11 is 0. The number of ether oxygens (including phenoxy) is 2. The number of carbonyl (C=O) groups is 2. The number of amides is 2. The summed E-state index contributed by atoms with van der Waals surface area (Å²) in [6.07, 6.45) is 4.15. The van der Waals surface area contributed by atoms with Crippen LogP contribution in [0.25, 0.3) is 11.3 Å². The first-order valence-electron chi connectivity index (χ1n) is 10.7. The summed E-state index contributed by atoms with van der Waals surface area (Å²) in [5.41, 5.74) is 0.996. The summed E-state index contributed by atoms with van der Waals surface area (Å²) < 4.78 is 11.8. The van der Waals surface area contributed by atoms with Crippen molar-refractivity contribution in [1.82, 2.24) is 29.7 Å². The van der Waals surface area contributed by atoms with Gasteiger partial charge < -0.3 is 19.7 Å². The van der Waals surface area contributed by atoms with Crippen LogP contribution in [0.3, 0.4) is 0 Å². The Bertz CT molecular complexity index is 1250. The molecular weight excluding hydrogens is 440 g/mol. The molecule has 0 saturated carbocycles. The molecule has 3 aromatic rings. The van der Waals surface area contributed by atoms with Crippen molar-refractivity contribution >= 4 is 12.0 Å². The molecule has 1 N–H and O–H groups in total. The van der Waals surface area contributed by atoms with Gasteiger partial charge in [-0.15, -0.1) is 0 Å². The zero-order valence-corrected chi connectivity index (χ0v) is 18.8. The van der Waals surface area contributed by atoms with Crippen molar-refractivity contribution in [2.24, 2.45) is 0 Å². The van der Waals surface area contributed by atoms with E-state index in [1.54, 1.807) is 37.5 Å². The average Bonchev–Trinajstić information content (AvgIpc) is 3.05. The van der Waals surface area contributed by atoms with Crippen LogP contribution in [0.5, 0.6) is 5.75 Å². The van der Waals surface area contributed by atoms with Gasteiger partial charge in [0.25, 0.3) is 11.5 Å². The molecular formula is C23H24N6O5. The van der Waals surface area contributed by atoms with Crippen molar-refractivity contribution in [1.29, 1.82) is 0 Å². The predicted molar refractivity (Wildman–Crippen MR) is 121 cm³/mol. The second-order valence-electron chi connectivity index (χ2n) is 7.48. The molecule has 4 heterocycles. The third kappa shape index (κ3) is 4.87. The maximum Gasteiger partial charge on any atom is 0.409 e. The van der Waals surface area contributed by atoms with Gasteiger partial charge in [0.1, 0.15) is 23.3 Å². The van der Waals surface area contributed by atoms with Gasteiger partial charge in [-0.2, -0.15) is 0 Å². The lowest BCUT2D eigenvalue weighted by Gasteiger charge is -2.24. The van der Waals surface area contributed by atoms with Gasteiger partial charge in [-0.1, -0.05) is 0 Å². The number of rotatable bonds is 5. The summed E-state index contributed by atoms with van der Waals surface area (Å²) in [6.45, 7) is 2.43. The lowest BCUT2D eigenvalue weighted by molar-refractivity contribution is 0.0885. The zero-order valence-electron chi connectivity index (χ0n) is 18.8. The number of pyridine rings is 2. The fraction of sp³-hybridized carbons (Fsp3) is 0.304. The van der Waals surface area contributed by atoms with Crippen LogP contribution in [-0.2, 0) is 11.3 Å². The highest BCUT2D eigenvalue weighted by Crippen LogP contribution is 2.21. The van der Waals surface area contributed by atoms with E-state index < -0.39 is 18.0 Å². The molecule has 34 heavy (non-hydrogen) atoms. The summed E-state index contributed by atoms with van der Waals surface area (Å²) in [4.78, 5) is 52.9. The second-order valence-corrected chi connectivity index (χ2v) is 7.48. The van der Waals surface area contributed by atoms with Crippen molar-refractivity contribution in [2.75, 3.05) is 26.8 Å². The Kier molecular flexibility index (Phi) is 6.81. The van der Waals surface area contributed by atoms with Crippen LogP contribution in [0.2, 0.25) is 0 Å². The zero-order chi connectivity index (χ0) is 24.1. The minimum atomic E-state index is -0.790. The highest BCUT2D eigenvalue weighted by atomic mass is 16.6. The normalized spacial score (nSPS) is 15.1. The predicted octanol–water partition coefficient (Wildman–Crippen LogP) is 1.65. The molecule has 1 aliphatic heterocycles. The fourth-order valence-corrected chi connectivity index (χ4v) is 3.68. The first-order chi connectivity index (χ1) is 16.5. The molecule has 0 aromatic carbocycles. The molecule has 176 valence electrons. The number of hydrogen-bond acceptors (Lipinski definition) is 8. The van der Waals surface area contributed by atoms with Gasteiger partial charge in [-0.3, -0.25) is 24.1 Å². The van der Waals surface area contributed by atoms with Crippen molar-refractivity contribution in [2.45, 2.75) is 19.5 Å². The topological polar surface area (TPSA) is 129 Å². The molecule has 3 aromatic heterocycles. The molecule has 11 nitrogen and oxygen atoms in total. The van der Waals surface area contributed by atoms with E-state index in [9.17, 15) is 14.4 Å². The fourth-order valence-electron chi connectivity index (χ4n) is 3.68. The number of nitrogens with zero attached hydrogens (tertiary/aromatic N) is 5. The highest BCUT2D eigenvalue weighted by molar-refractivity contribution is 5.92. The standard InChI is InChI=1S/C23H24N6O5/c1-3-34-23(32)28-10-11-29-20(30)13-17(15-4-7-24-8-5-15)26-21(29)19(14-28)27-22(31)18-12-16(33-2)6-9-25-18/h4-9,12-13,19H,3,10-11,14H2,1-2H3,(H,27,31). The molecule has 0 aliphatic carbocycles. The Balaban J connectivity index is 1.74. The molecule has 0 saturated heterocycles. The highest BCUT2D eigenvalue weighted by Gasteiger charge is 2.30. The lowest BCUT2D eigenvalue weighted by atomic mass is 10.1.